The van der Waals surface area contributed by atoms with Crippen molar-refractivity contribution in [2.24, 2.45) is 17.8 Å². The molecule has 0 heterocycles. The molecule has 108 valence electrons. The fourth-order valence-corrected chi connectivity index (χ4v) is 4.09. The molecule has 0 amide bonds. The Morgan fingerprint density at radius 1 is 1.15 bits per heavy atom. The average molecular weight is 269 g/mol. The number of rotatable bonds is 5. The van der Waals surface area contributed by atoms with Gasteiger partial charge in [-0.25, -0.2) is 0 Å². The Labute approximate surface area is 123 Å². The molecule has 0 aromatic heterocycles. The summed E-state index contributed by atoms with van der Waals surface area (Å²) in [5, 5.41) is 3.90. The number of allylic oxidation sites excluding steroid dienone is 2. The van der Waals surface area contributed by atoms with E-state index in [1.54, 1.807) is 0 Å². The molecule has 0 aliphatic heterocycles. The van der Waals surface area contributed by atoms with Gasteiger partial charge in [0, 0.05) is 12.1 Å². The van der Waals surface area contributed by atoms with Crippen molar-refractivity contribution in [1.82, 2.24) is 5.32 Å². The third kappa shape index (κ3) is 2.69. The largest absolute Gasteiger partial charge is 0.307 e. The Balaban J connectivity index is 1.65. The molecule has 1 N–H and O–H groups in total. The van der Waals surface area contributed by atoms with Gasteiger partial charge in [0.1, 0.15) is 0 Å². The highest BCUT2D eigenvalue weighted by atomic mass is 15.0. The highest BCUT2D eigenvalue weighted by Gasteiger charge is 2.38. The Morgan fingerprint density at radius 3 is 2.45 bits per heavy atom. The predicted octanol–water partition coefficient (Wildman–Crippen LogP) is 4.64. The molecule has 1 aromatic carbocycles. The molecule has 2 aliphatic rings. The number of hydrogen-bond donors (Lipinski definition) is 1. The Bertz CT molecular complexity index is 473. The number of hydrogen-bond acceptors (Lipinski definition) is 1. The molecule has 20 heavy (non-hydrogen) atoms. The minimum absolute atomic E-state index is 0.494. The lowest BCUT2D eigenvalue weighted by molar-refractivity contribution is 0.298. The van der Waals surface area contributed by atoms with Crippen molar-refractivity contribution in [3.8, 4) is 0 Å². The second kappa shape index (κ2) is 5.73. The zero-order valence-corrected chi connectivity index (χ0v) is 13.0. The van der Waals surface area contributed by atoms with Crippen LogP contribution in [0.25, 0.3) is 0 Å². The van der Waals surface area contributed by atoms with Crippen LogP contribution in [0.2, 0.25) is 0 Å². The minimum Gasteiger partial charge on any atom is -0.307 e. The van der Waals surface area contributed by atoms with Gasteiger partial charge >= 0.3 is 0 Å². The van der Waals surface area contributed by atoms with Crippen molar-refractivity contribution >= 4 is 0 Å². The number of aryl methyl sites for hydroxylation is 1. The van der Waals surface area contributed by atoms with E-state index in [0.29, 0.717) is 12.1 Å². The van der Waals surface area contributed by atoms with Crippen LogP contribution in [0.5, 0.6) is 0 Å². The quantitative estimate of drug-likeness (QED) is 0.768. The maximum absolute atomic E-state index is 3.90. The summed E-state index contributed by atoms with van der Waals surface area (Å²) < 4.78 is 0. The zero-order chi connectivity index (χ0) is 14.1. The first kappa shape index (κ1) is 13.9. The standard InChI is InChI=1S/C19H27N/c1-4-19(16-8-5-13(2)6-9-16)20-14(3)18-12-15-7-10-17(18)11-15/h5-10,14-15,17-20H,4,11-12H2,1-3H3. The van der Waals surface area contributed by atoms with Gasteiger partial charge in [-0.15, -0.1) is 0 Å². The zero-order valence-electron chi connectivity index (χ0n) is 13.0. The molecule has 5 unspecified atom stereocenters. The number of benzene rings is 1. The predicted molar refractivity (Wildman–Crippen MR) is 85.7 cm³/mol. The molecule has 2 bridgehead atoms. The maximum atomic E-state index is 3.90. The van der Waals surface area contributed by atoms with E-state index in [1.807, 2.05) is 0 Å². The summed E-state index contributed by atoms with van der Waals surface area (Å²) in [7, 11) is 0. The van der Waals surface area contributed by atoms with Gasteiger partial charge in [-0.3, -0.25) is 0 Å². The molecule has 1 fully saturated rings. The molecule has 0 spiro atoms. The van der Waals surface area contributed by atoms with Crippen molar-refractivity contribution in [3.05, 3.63) is 47.5 Å². The van der Waals surface area contributed by atoms with E-state index in [4.69, 9.17) is 0 Å². The summed E-state index contributed by atoms with van der Waals surface area (Å²) in [5.41, 5.74) is 2.78. The van der Waals surface area contributed by atoms with E-state index in [9.17, 15) is 0 Å². The minimum atomic E-state index is 0.494. The van der Waals surface area contributed by atoms with Gasteiger partial charge in [-0.1, -0.05) is 48.9 Å². The van der Waals surface area contributed by atoms with Crippen LogP contribution in [0, 0.1) is 24.7 Å². The van der Waals surface area contributed by atoms with E-state index in [-0.39, 0.29) is 0 Å². The highest BCUT2D eigenvalue weighted by molar-refractivity contribution is 5.24. The second-order valence-corrected chi connectivity index (χ2v) is 6.77. The van der Waals surface area contributed by atoms with Crippen molar-refractivity contribution in [2.45, 2.75) is 52.1 Å². The molecule has 3 rings (SSSR count). The van der Waals surface area contributed by atoms with Crippen molar-refractivity contribution in [1.29, 1.82) is 0 Å². The lowest BCUT2D eigenvalue weighted by Crippen LogP contribution is -2.38. The third-order valence-corrected chi connectivity index (χ3v) is 5.32. The van der Waals surface area contributed by atoms with Gasteiger partial charge in [-0.2, -0.15) is 0 Å². The molecule has 0 saturated heterocycles. The van der Waals surface area contributed by atoms with E-state index >= 15 is 0 Å². The van der Waals surface area contributed by atoms with Crippen LogP contribution in [0.15, 0.2) is 36.4 Å². The summed E-state index contributed by atoms with van der Waals surface area (Å²) in [4.78, 5) is 0. The topological polar surface area (TPSA) is 12.0 Å². The van der Waals surface area contributed by atoms with Crippen molar-refractivity contribution in [3.63, 3.8) is 0 Å². The molecular formula is C19H27N. The van der Waals surface area contributed by atoms with Crippen LogP contribution in [0.4, 0.5) is 0 Å². The summed E-state index contributed by atoms with van der Waals surface area (Å²) in [6.45, 7) is 6.82. The van der Waals surface area contributed by atoms with Gasteiger partial charge in [-0.05, 0) is 56.4 Å². The average Bonchev–Trinajstić information content (AvgIpc) is 3.08. The van der Waals surface area contributed by atoms with Crippen molar-refractivity contribution < 1.29 is 0 Å². The molecule has 1 nitrogen and oxygen atoms in total. The van der Waals surface area contributed by atoms with E-state index < -0.39 is 0 Å². The Hall–Kier alpha value is -1.08. The normalized spacial score (nSPS) is 30.6. The smallest absolute Gasteiger partial charge is 0.0320 e. The Morgan fingerprint density at radius 2 is 1.90 bits per heavy atom. The summed E-state index contributed by atoms with van der Waals surface area (Å²) in [5.74, 6) is 2.54. The van der Waals surface area contributed by atoms with E-state index in [0.717, 1.165) is 24.2 Å². The van der Waals surface area contributed by atoms with Crippen LogP contribution in [0.1, 0.15) is 50.3 Å². The van der Waals surface area contributed by atoms with Crippen LogP contribution in [0.3, 0.4) is 0 Å². The van der Waals surface area contributed by atoms with E-state index in [1.165, 1.54) is 24.0 Å². The molecule has 2 aliphatic carbocycles. The van der Waals surface area contributed by atoms with Gasteiger partial charge in [0.15, 0.2) is 0 Å². The third-order valence-electron chi connectivity index (χ3n) is 5.32. The maximum Gasteiger partial charge on any atom is 0.0320 e. The SMILES string of the molecule is CCC(NC(C)C1CC2C=CC1C2)c1ccc(C)cc1. The van der Waals surface area contributed by atoms with Gasteiger partial charge in [0.25, 0.3) is 0 Å². The lowest BCUT2D eigenvalue weighted by atomic mass is 9.86. The lowest BCUT2D eigenvalue weighted by Gasteiger charge is -2.30. The molecule has 0 radical (unpaired) electrons. The summed E-state index contributed by atoms with van der Waals surface area (Å²) >= 11 is 0. The van der Waals surface area contributed by atoms with Crippen molar-refractivity contribution in [2.75, 3.05) is 0 Å². The first-order valence-corrected chi connectivity index (χ1v) is 8.18. The van der Waals surface area contributed by atoms with Crippen LogP contribution < -0.4 is 5.32 Å². The van der Waals surface area contributed by atoms with E-state index in [2.05, 4.69) is 62.5 Å². The molecule has 5 atom stereocenters. The van der Waals surface area contributed by atoms with Crippen LogP contribution in [-0.2, 0) is 0 Å². The summed E-state index contributed by atoms with van der Waals surface area (Å²) in [6, 6.07) is 10.1. The second-order valence-electron chi connectivity index (χ2n) is 6.77. The monoisotopic (exact) mass is 269 g/mol. The van der Waals surface area contributed by atoms with Crippen LogP contribution in [-0.4, -0.2) is 6.04 Å². The fraction of sp³-hybridized carbons (Fsp3) is 0.579. The number of nitrogens with one attached hydrogen (secondary N) is 1. The molecule has 1 heteroatoms. The fourth-order valence-electron chi connectivity index (χ4n) is 4.09. The highest BCUT2D eigenvalue weighted by Crippen LogP contribution is 2.45. The summed E-state index contributed by atoms with van der Waals surface area (Å²) in [6.07, 6.45) is 8.84. The Kier molecular flexibility index (Phi) is 3.98. The van der Waals surface area contributed by atoms with Gasteiger partial charge in [0.05, 0.1) is 0 Å². The first-order chi connectivity index (χ1) is 9.67. The first-order valence-electron chi connectivity index (χ1n) is 8.18. The van der Waals surface area contributed by atoms with Gasteiger partial charge in [0.2, 0.25) is 0 Å². The molecule has 1 aromatic rings. The molecular weight excluding hydrogens is 242 g/mol. The van der Waals surface area contributed by atoms with Gasteiger partial charge < -0.3 is 5.32 Å². The number of fused-ring (bicyclic) bond motifs is 2. The molecule has 1 saturated carbocycles. The van der Waals surface area contributed by atoms with Crippen LogP contribution >= 0.6 is 0 Å².